The number of carbonyl (C=O) groups is 1. The number of carboxylic acids is 1. The summed E-state index contributed by atoms with van der Waals surface area (Å²) in [6, 6.07) is 3.91. The summed E-state index contributed by atoms with van der Waals surface area (Å²) in [6.45, 7) is 2.00. The zero-order chi connectivity index (χ0) is 10.8. The van der Waals surface area contributed by atoms with Gasteiger partial charge in [-0.15, -0.1) is 11.3 Å². The molecule has 0 spiro atoms. The van der Waals surface area contributed by atoms with Crippen molar-refractivity contribution in [3.8, 4) is 10.7 Å². The van der Waals surface area contributed by atoms with E-state index in [1.165, 1.54) is 17.3 Å². The number of rotatable bonds is 2. The van der Waals surface area contributed by atoms with Gasteiger partial charge in [-0.25, -0.2) is 14.8 Å². The molecule has 2 aromatic rings. The molecule has 15 heavy (non-hydrogen) atoms. The van der Waals surface area contributed by atoms with Crippen molar-refractivity contribution in [3.05, 3.63) is 35.0 Å². The number of aromatic carboxylic acids is 1. The van der Waals surface area contributed by atoms with Crippen molar-refractivity contribution in [3.63, 3.8) is 0 Å². The molecular weight excluding hydrogens is 212 g/mol. The standard InChI is InChI=1S/C10H8N2O2S/c1-6-2-3-8(15-6)9-11-4-7(5-12-9)10(13)14/h2-5H,1H3,(H,13,14). The number of thiophene rings is 1. The van der Waals surface area contributed by atoms with Gasteiger partial charge in [0.2, 0.25) is 0 Å². The average molecular weight is 220 g/mol. The lowest BCUT2D eigenvalue weighted by Gasteiger charge is -1.96. The Bertz CT molecular complexity index is 490. The van der Waals surface area contributed by atoms with Gasteiger partial charge in [0.15, 0.2) is 5.82 Å². The molecule has 4 nitrogen and oxygen atoms in total. The van der Waals surface area contributed by atoms with Crippen LogP contribution in [0.3, 0.4) is 0 Å². The summed E-state index contributed by atoms with van der Waals surface area (Å²) in [6.07, 6.45) is 2.64. The zero-order valence-corrected chi connectivity index (χ0v) is 8.78. The molecule has 76 valence electrons. The maximum Gasteiger partial charge on any atom is 0.338 e. The van der Waals surface area contributed by atoms with E-state index in [-0.39, 0.29) is 5.56 Å². The van der Waals surface area contributed by atoms with E-state index in [1.54, 1.807) is 11.3 Å². The maximum absolute atomic E-state index is 10.6. The molecular formula is C10H8N2O2S. The number of carboxylic acid groups (broad SMARTS) is 1. The van der Waals surface area contributed by atoms with Gasteiger partial charge >= 0.3 is 5.97 Å². The fourth-order valence-corrected chi connectivity index (χ4v) is 1.94. The van der Waals surface area contributed by atoms with Gasteiger partial charge in [0.25, 0.3) is 0 Å². The van der Waals surface area contributed by atoms with Gasteiger partial charge in [0.1, 0.15) is 0 Å². The lowest BCUT2D eigenvalue weighted by molar-refractivity contribution is 0.0696. The molecule has 0 aliphatic carbocycles. The fourth-order valence-electron chi connectivity index (χ4n) is 1.12. The van der Waals surface area contributed by atoms with Crippen LogP contribution in [0.15, 0.2) is 24.5 Å². The second kappa shape index (κ2) is 3.78. The van der Waals surface area contributed by atoms with Crippen LogP contribution in [-0.4, -0.2) is 21.0 Å². The fraction of sp³-hybridized carbons (Fsp3) is 0.100. The molecule has 2 aromatic heterocycles. The number of aromatic nitrogens is 2. The summed E-state index contributed by atoms with van der Waals surface area (Å²) in [5, 5.41) is 8.67. The lowest BCUT2D eigenvalue weighted by atomic mass is 10.3. The van der Waals surface area contributed by atoms with E-state index in [0.29, 0.717) is 5.82 Å². The molecule has 0 radical (unpaired) electrons. The SMILES string of the molecule is Cc1ccc(-c2ncc(C(=O)O)cn2)s1. The van der Waals surface area contributed by atoms with Gasteiger partial charge in [-0.05, 0) is 19.1 Å². The van der Waals surface area contributed by atoms with Crippen molar-refractivity contribution in [1.29, 1.82) is 0 Å². The summed E-state index contributed by atoms with van der Waals surface area (Å²) in [7, 11) is 0. The Balaban J connectivity index is 2.35. The Morgan fingerprint density at radius 2 is 2.00 bits per heavy atom. The molecule has 0 unspecified atom stereocenters. The Morgan fingerprint density at radius 3 is 2.47 bits per heavy atom. The topological polar surface area (TPSA) is 63.1 Å². The smallest absolute Gasteiger partial charge is 0.338 e. The summed E-state index contributed by atoms with van der Waals surface area (Å²) < 4.78 is 0. The normalized spacial score (nSPS) is 10.2. The predicted molar refractivity (Wildman–Crippen MR) is 57.0 cm³/mol. The minimum absolute atomic E-state index is 0.104. The number of hydrogen-bond donors (Lipinski definition) is 1. The third-order valence-corrected chi connectivity index (χ3v) is 2.86. The van der Waals surface area contributed by atoms with Crippen molar-refractivity contribution >= 4 is 17.3 Å². The van der Waals surface area contributed by atoms with E-state index in [1.807, 2.05) is 19.1 Å². The molecule has 0 aliphatic rings. The average Bonchev–Trinajstić information content (AvgIpc) is 2.65. The molecule has 0 aromatic carbocycles. The van der Waals surface area contributed by atoms with Crippen molar-refractivity contribution < 1.29 is 9.90 Å². The highest BCUT2D eigenvalue weighted by Gasteiger charge is 2.06. The highest BCUT2D eigenvalue weighted by Crippen LogP contribution is 2.24. The number of hydrogen-bond acceptors (Lipinski definition) is 4. The van der Waals surface area contributed by atoms with Gasteiger partial charge in [0, 0.05) is 17.3 Å². The van der Waals surface area contributed by atoms with Crippen molar-refractivity contribution in [2.75, 3.05) is 0 Å². The van der Waals surface area contributed by atoms with Gasteiger partial charge < -0.3 is 5.11 Å². The summed E-state index contributed by atoms with van der Waals surface area (Å²) >= 11 is 1.58. The molecule has 0 aliphatic heterocycles. The first-order valence-electron chi connectivity index (χ1n) is 4.29. The molecule has 0 atom stereocenters. The summed E-state index contributed by atoms with van der Waals surface area (Å²) in [5.41, 5.74) is 0.104. The van der Waals surface area contributed by atoms with Crippen LogP contribution in [0.1, 0.15) is 15.2 Å². The Kier molecular flexibility index (Phi) is 2.47. The number of aryl methyl sites for hydroxylation is 1. The van der Waals surface area contributed by atoms with E-state index >= 15 is 0 Å². The molecule has 0 amide bonds. The monoisotopic (exact) mass is 220 g/mol. The quantitative estimate of drug-likeness (QED) is 0.842. The molecule has 2 rings (SSSR count). The van der Waals surface area contributed by atoms with Crippen LogP contribution in [0.4, 0.5) is 0 Å². The molecule has 5 heteroatoms. The highest BCUT2D eigenvalue weighted by atomic mass is 32.1. The molecule has 1 N–H and O–H groups in total. The predicted octanol–water partition coefficient (Wildman–Crippen LogP) is 2.21. The van der Waals surface area contributed by atoms with Gasteiger partial charge in [-0.2, -0.15) is 0 Å². The van der Waals surface area contributed by atoms with Crippen LogP contribution < -0.4 is 0 Å². The van der Waals surface area contributed by atoms with E-state index in [9.17, 15) is 4.79 Å². The third kappa shape index (κ3) is 2.02. The minimum atomic E-state index is -1.01. The van der Waals surface area contributed by atoms with E-state index in [4.69, 9.17) is 5.11 Å². The van der Waals surface area contributed by atoms with Crippen LogP contribution in [0.25, 0.3) is 10.7 Å². The second-order valence-electron chi connectivity index (χ2n) is 3.01. The summed E-state index contributed by atoms with van der Waals surface area (Å²) in [5.74, 6) is -0.443. The molecule has 0 saturated carbocycles. The van der Waals surface area contributed by atoms with Crippen LogP contribution in [0, 0.1) is 6.92 Å². The van der Waals surface area contributed by atoms with Crippen LogP contribution in [0.2, 0.25) is 0 Å². The van der Waals surface area contributed by atoms with E-state index < -0.39 is 5.97 Å². The second-order valence-corrected chi connectivity index (χ2v) is 4.30. The first-order chi connectivity index (χ1) is 7.16. The minimum Gasteiger partial charge on any atom is -0.478 e. The maximum atomic E-state index is 10.6. The van der Waals surface area contributed by atoms with Crippen molar-refractivity contribution in [2.24, 2.45) is 0 Å². The van der Waals surface area contributed by atoms with Crippen LogP contribution >= 0.6 is 11.3 Å². The zero-order valence-electron chi connectivity index (χ0n) is 7.97. The third-order valence-electron chi connectivity index (χ3n) is 1.86. The van der Waals surface area contributed by atoms with Crippen LogP contribution in [-0.2, 0) is 0 Å². The largest absolute Gasteiger partial charge is 0.478 e. The highest BCUT2D eigenvalue weighted by molar-refractivity contribution is 7.15. The first kappa shape index (κ1) is 9.79. The van der Waals surface area contributed by atoms with Gasteiger partial charge in [-0.1, -0.05) is 0 Å². The summed E-state index contributed by atoms with van der Waals surface area (Å²) in [4.78, 5) is 20.7. The Morgan fingerprint density at radius 1 is 1.33 bits per heavy atom. The van der Waals surface area contributed by atoms with Crippen LogP contribution in [0.5, 0.6) is 0 Å². The van der Waals surface area contributed by atoms with Gasteiger partial charge in [-0.3, -0.25) is 0 Å². The van der Waals surface area contributed by atoms with E-state index in [2.05, 4.69) is 9.97 Å². The Labute approximate surface area is 90.3 Å². The molecule has 0 bridgehead atoms. The first-order valence-corrected chi connectivity index (χ1v) is 5.10. The molecule has 2 heterocycles. The molecule has 0 fully saturated rings. The lowest BCUT2D eigenvalue weighted by Crippen LogP contribution is -1.98. The molecule has 0 saturated heterocycles. The van der Waals surface area contributed by atoms with Crippen molar-refractivity contribution in [2.45, 2.75) is 6.92 Å². The number of nitrogens with zero attached hydrogens (tertiary/aromatic N) is 2. The Hall–Kier alpha value is -1.75. The van der Waals surface area contributed by atoms with E-state index in [0.717, 1.165) is 4.88 Å². The van der Waals surface area contributed by atoms with Crippen molar-refractivity contribution in [1.82, 2.24) is 9.97 Å². The van der Waals surface area contributed by atoms with Gasteiger partial charge in [0.05, 0.1) is 10.4 Å².